The Morgan fingerprint density at radius 2 is 1.04 bits per heavy atom. The lowest BCUT2D eigenvalue weighted by atomic mass is 9.75. The van der Waals surface area contributed by atoms with Gasteiger partial charge in [-0.05, 0) is 40.8 Å². The van der Waals surface area contributed by atoms with Crippen molar-refractivity contribution in [2.75, 3.05) is 0 Å². The normalized spacial score (nSPS) is 14.5. The predicted molar refractivity (Wildman–Crippen MR) is 119 cm³/mol. The van der Waals surface area contributed by atoms with Crippen LogP contribution in [-0.4, -0.2) is 7.74 Å². The first-order valence-corrected chi connectivity index (χ1v) is 15.9. The molecule has 1 rings (SSSR count). The van der Waals surface area contributed by atoms with Gasteiger partial charge < -0.3 is 0 Å². The van der Waals surface area contributed by atoms with Gasteiger partial charge in [0.15, 0.2) is 0 Å². The molecule has 0 bridgehead atoms. The fraction of sp³-hybridized carbons (Fsp3) is 0.714. The number of rotatable bonds is 2. The second-order valence-corrected chi connectivity index (χ2v) is 23.3. The molecular formula is C21H38P2Si. The number of hydrogen-bond acceptors (Lipinski definition) is 0. The summed E-state index contributed by atoms with van der Waals surface area (Å²) in [5.74, 6) is 0. The molecule has 0 unspecified atom stereocenters. The molecule has 24 heavy (non-hydrogen) atoms. The summed E-state index contributed by atoms with van der Waals surface area (Å²) in [5.41, 5.74) is 5.11. The highest BCUT2D eigenvalue weighted by atomic mass is 31.9. The molecule has 0 aliphatic carbocycles. The van der Waals surface area contributed by atoms with Crippen molar-refractivity contribution < 1.29 is 0 Å². The Bertz CT molecular complexity index is 580. The highest BCUT2D eigenvalue weighted by Crippen LogP contribution is 2.38. The second-order valence-electron chi connectivity index (χ2n) is 11.0. The third-order valence-electron chi connectivity index (χ3n) is 4.04. The zero-order valence-electron chi connectivity index (χ0n) is 18.0. The third-order valence-corrected chi connectivity index (χ3v) is 14.4. The minimum absolute atomic E-state index is 0.179. The largest absolute Gasteiger partial charge is 0.108 e. The van der Waals surface area contributed by atoms with E-state index in [4.69, 9.17) is 0 Å². The average molecular weight is 381 g/mol. The fourth-order valence-corrected chi connectivity index (χ4v) is 9.38. The van der Waals surface area contributed by atoms with Gasteiger partial charge in [0.25, 0.3) is 0 Å². The topological polar surface area (TPSA) is 0 Å². The molecule has 0 nitrogen and oxygen atoms in total. The minimum Gasteiger partial charge on any atom is -0.0951 e. The highest BCUT2D eigenvalue weighted by Gasteiger charge is 2.28. The van der Waals surface area contributed by atoms with Gasteiger partial charge in [0.05, 0.1) is 0 Å². The van der Waals surface area contributed by atoms with Crippen molar-refractivity contribution in [3.8, 4) is 0 Å². The van der Waals surface area contributed by atoms with E-state index in [1.54, 1.807) is 23.8 Å². The zero-order valence-corrected chi connectivity index (χ0v) is 20.8. The maximum Gasteiger partial charge on any atom is 0.108 e. The summed E-state index contributed by atoms with van der Waals surface area (Å²) < 4.78 is 0. The molecular weight excluding hydrogens is 342 g/mol. The van der Waals surface area contributed by atoms with Crippen LogP contribution >= 0.6 is 15.3 Å². The molecule has 0 fully saturated rings. The third kappa shape index (κ3) is 6.08. The molecule has 0 saturated heterocycles. The summed E-state index contributed by atoms with van der Waals surface area (Å²) in [6.45, 7) is 28.6. The van der Waals surface area contributed by atoms with Crippen molar-refractivity contribution >= 4 is 28.3 Å². The Morgan fingerprint density at radius 1 is 0.667 bits per heavy atom. The summed E-state index contributed by atoms with van der Waals surface area (Å²) in [6, 6.07) is 4.99. The molecule has 1 aromatic rings. The van der Waals surface area contributed by atoms with Crippen LogP contribution in [-0.2, 0) is 16.2 Å². The molecule has 3 heteroatoms. The number of hydrogen-bond donors (Lipinski definition) is 0. The zero-order chi connectivity index (χ0) is 19.1. The highest BCUT2D eigenvalue weighted by molar-refractivity contribution is 8.07. The van der Waals surface area contributed by atoms with Crippen LogP contribution in [0.2, 0.25) is 19.6 Å². The van der Waals surface area contributed by atoms with E-state index in [-0.39, 0.29) is 16.2 Å². The van der Waals surface area contributed by atoms with E-state index < -0.39 is 7.74 Å². The van der Waals surface area contributed by atoms with Crippen molar-refractivity contribution in [1.82, 2.24) is 0 Å². The molecule has 0 N–H and O–H groups in total. The maximum atomic E-state index is 2.50. The lowest BCUT2D eigenvalue weighted by Crippen LogP contribution is -2.29. The van der Waals surface area contributed by atoms with E-state index in [9.17, 15) is 0 Å². The first kappa shape index (κ1) is 22.1. The first-order valence-electron chi connectivity index (χ1n) is 9.05. The van der Waals surface area contributed by atoms with Gasteiger partial charge in [0.1, 0.15) is 7.74 Å². The van der Waals surface area contributed by atoms with Crippen LogP contribution in [0.3, 0.4) is 0 Å². The van der Waals surface area contributed by atoms with Gasteiger partial charge in [0, 0.05) is 5.30 Å². The van der Waals surface area contributed by atoms with Gasteiger partial charge in [-0.3, -0.25) is 0 Å². The standard InChI is InChI=1S/C21H38P2Si/c1-19(2,3)15-13-16(20(4,5)6)18(22-23-24(10,11)12)17(14-15)21(7,8)9/h13-14H,1-12H3. The average Bonchev–Trinajstić information content (AvgIpc) is 2.30. The van der Waals surface area contributed by atoms with Gasteiger partial charge in [-0.2, -0.15) is 0 Å². The number of benzene rings is 1. The Labute approximate surface area is 155 Å². The van der Waals surface area contributed by atoms with Crippen molar-refractivity contribution in [1.29, 1.82) is 0 Å². The molecule has 0 amide bonds. The fourth-order valence-electron chi connectivity index (χ4n) is 2.52. The molecule has 136 valence electrons. The Hall–Kier alpha value is 0.0369. The van der Waals surface area contributed by atoms with Gasteiger partial charge in [0.2, 0.25) is 0 Å². The Morgan fingerprint density at radius 3 is 1.29 bits per heavy atom. The summed E-state index contributed by atoms with van der Waals surface area (Å²) in [4.78, 5) is 0. The van der Waals surface area contributed by atoms with Crippen LogP contribution in [0.1, 0.15) is 79.0 Å². The lowest BCUT2D eigenvalue weighted by molar-refractivity contribution is 0.554. The molecule has 0 radical (unpaired) electrons. The van der Waals surface area contributed by atoms with E-state index in [0.717, 1.165) is 0 Å². The van der Waals surface area contributed by atoms with Crippen molar-refractivity contribution in [2.24, 2.45) is 0 Å². The SMILES string of the molecule is CC(C)(C)c1cc(C(C)(C)C)c(P=P[Si](C)(C)C)c(C(C)(C)C)c1. The summed E-state index contributed by atoms with van der Waals surface area (Å²) in [7, 11) is 2.02. The van der Waals surface area contributed by atoms with E-state index in [2.05, 4.69) is 94.1 Å². The van der Waals surface area contributed by atoms with Crippen molar-refractivity contribution in [3.63, 3.8) is 0 Å². The molecule has 0 spiro atoms. The van der Waals surface area contributed by atoms with E-state index >= 15 is 0 Å². The summed E-state index contributed by atoms with van der Waals surface area (Å²) >= 11 is 0. The Kier molecular flexibility index (Phi) is 6.42. The maximum absolute atomic E-state index is 2.50. The van der Waals surface area contributed by atoms with Crippen molar-refractivity contribution in [2.45, 2.75) is 98.2 Å². The van der Waals surface area contributed by atoms with Crippen LogP contribution in [0.15, 0.2) is 12.1 Å². The quantitative estimate of drug-likeness (QED) is 0.362. The predicted octanol–water partition coefficient (Wildman–Crippen LogP) is 7.85. The van der Waals surface area contributed by atoms with Gasteiger partial charge in [-0.25, -0.2) is 0 Å². The van der Waals surface area contributed by atoms with Crippen LogP contribution in [0.4, 0.5) is 0 Å². The minimum atomic E-state index is -1.09. The monoisotopic (exact) mass is 380 g/mol. The molecule has 1 aromatic carbocycles. The van der Waals surface area contributed by atoms with Crippen LogP contribution in [0, 0.1) is 0 Å². The molecule has 0 heterocycles. The molecule has 0 atom stereocenters. The first-order chi connectivity index (χ1) is 10.4. The van der Waals surface area contributed by atoms with E-state index in [1.165, 1.54) is 13.4 Å². The van der Waals surface area contributed by atoms with Crippen LogP contribution < -0.4 is 5.30 Å². The van der Waals surface area contributed by atoms with Gasteiger partial charge in [-0.1, -0.05) is 102 Å². The summed E-state index contributed by atoms with van der Waals surface area (Å²) in [5, 5.41) is 1.59. The second kappa shape index (κ2) is 6.98. The van der Waals surface area contributed by atoms with Crippen LogP contribution in [0.25, 0.3) is 0 Å². The van der Waals surface area contributed by atoms with Gasteiger partial charge in [-0.15, -0.1) is 0 Å². The molecule has 0 aliphatic heterocycles. The molecule has 0 aliphatic rings. The molecule has 0 saturated carbocycles. The smallest absolute Gasteiger partial charge is 0.0951 e. The van der Waals surface area contributed by atoms with Crippen molar-refractivity contribution in [3.05, 3.63) is 28.8 Å². The molecule has 0 aromatic heterocycles. The summed E-state index contributed by atoms with van der Waals surface area (Å²) in [6.07, 6.45) is 0. The Balaban J connectivity index is 3.85. The van der Waals surface area contributed by atoms with Gasteiger partial charge >= 0.3 is 0 Å². The van der Waals surface area contributed by atoms with E-state index in [0.29, 0.717) is 0 Å². The van der Waals surface area contributed by atoms with Crippen LogP contribution in [0.5, 0.6) is 0 Å². The van der Waals surface area contributed by atoms with E-state index in [1.807, 2.05) is 0 Å². The lowest BCUT2D eigenvalue weighted by Gasteiger charge is -2.32.